The van der Waals surface area contributed by atoms with Crippen LogP contribution in [0.3, 0.4) is 0 Å². The van der Waals surface area contributed by atoms with Crippen LogP contribution in [-0.2, 0) is 6.42 Å². The topological polar surface area (TPSA) is 83.8 Å². The summed E-state index contributed by atoms with van der Waals surface area (Å²) in [6.45, 7) is 3.75. The lowest BCUT2D eigenvalue weighted by Gasteiger charge is -2.14. The first-order valence-electron chi connectivity index (χ1n) is 6.23. The van der Waals surface area contributed by atoms with Crippen molar-refractivity contribution in [3.8, 4) is 0 Å². The minimum Gasteiger partial charge on any atom is -0.382 e. The van der Waals surface area contributed by atoms with E-state index < -0.39 is 0 Å². The average Bonchev–Trinajstić information content (AvgIpc) is 2.70. The van der Waals surface area contributed by atoms with Crippen LogP contribution in [-0.4, -0.2) is 22.1 Å². The molecule has 2 aromatic rings. The molecule has 1 unspecified atom stereocenters. The SMILES string of the molecule is Cc1[nH]nc(N)c1C(=O)NC(C)Cc1ccccc1. The maximum atomic E-state index is 12.1. The molecular weight excluding hydrogens is 240 g/mol. The number of hydrogen-bond donors (Lipinski definition) is 3. The van der Waals surface area contributed by atoms with Crippen molar-refractivity contribution in [2.24, 2.45) is 0 Å². The molecule has 0 aliphatic rings. The molecule has 4 N–H and O–H groups in total. The molecular formula is C14H18N4O. The summed E-state index contributed by atoms with van der Waals surface area (Å²) in [5.74, 6) is 0.0501. The third-order valence-electron chi connectivity index (χ3n) is 2.96. The first-order chi connectivity index (χ1) is 9.08. The molecule has 5 nitrogen and oxygen atoms in total. The van der Waals surface area contributed by atoms with E-state index in [9.17, 15) is 4.79 Å². The van der Waals surface area contributed by atoms with Gasteiger partial charge in [-0.2, -0.15) is 5.10 Å². The highest BCUT2D eigenvalue weighted by atomic mass is 16.1. The van der Waals surface area contributed by atoms with Crippen LogP contribution < -0.4 is 11.1 Å². The Bertz CT molecular complexity index is 543. The summed E-state index contributed by atoms with van der Waals surface area (Å²) in [6.07, 6.45) is 0.781. The number of carbonyl (C=O) groups is 1. The highest BCUT2D eigenvalue weighted by molar-refractivity contribution is 5.99. The number of nitrogen functional groups attached to an aromatic ring is 1. The molecule has 19 heavy (non-hydrogen) atoms. The lowest BCUT2D eigenvalue weighted by atomic mass is 10.1. The van der Waals surface area contributed by atoms with E-state index in [1.54, 1.807) is 6.92 Å². The Morgan fingerprint density at radius 2 is 2.11 bits per heavy atom. The van der Waals surface area contributed by atoms with Gasteiger partial charge in [-0.15, -0.1) is 0 Å². The lowest BCUT2D eigenvalue weighted by Crippen LogP contribution is -2.34. The van der Waals surface area contributed by atoms with Crippen molar-refractivity contribution in [1.29, 1.82) is 0 Å². The van der Waals surface area contributed by atoms with E-state index in [0.717, 1.165) is 6.42 Å². The highest BCUT2D eigenvalue weighted by Gasteiger charge is 2.17. The molecule has 1 aromatic heterocycles. The van der Waals surface area contributed by atoms with Crippen LogP contribution in [0.1, 0.15) is 28.5 Å². The van der Waals surface area contributed by atoms with E-state index in [1.807, 2.05) is 37.3 Å². The number of aromatic amines is 1. The second kappa shape index (κ2) is 5.56. The number of carbonyl (C=O) groups excluding carboxylic acids is 1. The maximum Gasteiger partial charge on any atom is 0.257 e. The summed E-state index contributed by atoms with van der Waals surface area (Å²) in [5, 5.41) is 9.46. The number of nitrogens with two attached hydrogens (primary N) is 1. The summed E-state index contributed by atoms with van der Waals surface area (Å²) < 4.78 is 0. The lowest BCUT2D eigenvalue weighted by molar-refractivity contribution is 0.0940. The normalized spacial score (nSPS) is 12.1. The molecule has 2 rings (SSSR count). The Balaban J connectivity index is 2.00. The van der Waals surface area contributed by atoms with Gasteiger partial charge >= 0.3 is 0 Å². The van der Waals surface area contributed by atoms with Gasteiger partial charge in [-0.3, -0.25) is 9.89 Å². The summed E-state index contributed by atoms with van der Waals surface area (Å²) in [7, 11) is 0. The first kappa shape index (κ1) is 13.1. The Morgan fingerprint density at radius 3 is 2.68 bits per heavy atom. The van der Waals surface area contributed by atoms with E-state index in [4.69, 9.17) is 5.73 Å². The van der Waals surface area contributed by atoms with E-state index >= 15 is 0 Å². The van der Waals surface area contributed by atoms with Gasteiger partial charge < -0.3 is 11.1 Å². The van der Waals surface area contributed by atoms with Crippen LogP contribution in [0.25, 0.3) is 0 Å². The number of amides is 1. The summed E-state index contributed by atoms with van der Waals surface area (Å²) in [5.41, 5.74) is 7.97. The van der Waals surface area contributed by atoms with Gasteiger partial charge in [0.05, 0.1) is 0 Å². The molecule has 1 amide bonds. The van der Waals surface area contributed by atoms with Crippen LogP contribution in [0.15, 0.2) is 30.3 Å². The van der Waals surface area contributed by atoms with Crippen LogP contribution in [0.2, 0.25) is 0 Å². The fraction of sp³-hybridized carbons (Fsp3) is 0.286. The number of benzene rings is 1. The number of aryl methyl sites for hydroxylation is 1. The maximum absolute atomic E-state index is 12.1. The predicted octanol–water partition coefficient (Wildman–Crippen LogP) is 1.66. The predicted molar refractivity (Wildman–Crippen MR) is 74.8 cm³/mol. The van der Waals surface area contributed by atoms with Gasteiger partial charge in [0.25, 0.3) is 5.91 Å². The third-order valence-corrected chi connectivity index (χ3v) is 2.96. The Kier molecular flexibility index (Phi) is 3.85. The van der Waals surface area contributed by atoms with Crippen molar-refractivity contribution in [2.75, 3.05) is 5.73 Å². The number of rotatable bonds is 4. The molecule has 0 saturated heterocycles. The van der Waals surface area contributed by atoms with Gasteiger partial charge in [0, 0.05) is 11.7 Å². The van der Waals surface area contributed by atoms with Gasteiger partial charge in [-0.05, 0) is 25.8 Å². The molecule has 100 valence electrons. The molecule has 0 bridgehead atoms. The van der Waals surface area contributed by atoms with Crippen molar-refractivity contribution < 1.29 is 4.79 Å². The Labute approximate surface area is 112 Å². The van der Waals surface area contributed by atoms with Crippen molar-refractivity contribution in [3.05, 3.63) is 47.2 Å². The van der Waals surface area contributed by atoms with Gasteiger partial charge in [-0.25, -0.2) is 0 Å². The second-order valence-corrected chi connectivity index (χ2v) is 4.67. The molecule has 5 heteroatoms. The molecule has 1 aromatic carbocycles. The zero-order chi connectivity index (χ0) is 13.8. The van der Waals surface area contributed by atoms with Gasteiger partial charge in [0.2, 0.25) is 0 Å². The smallest absolute Gasteiger partial charge is 0.257 e. The largest absolute Gasteiger partial charge is 0.382 e. The van der Waals surface area contributed by atoms with Crippen LogP contribution in [0.4, 0.5) is 5.82 Å². The monoisotopic (exact) mass is 258 g/mol. The number of hydrogen-bond acceptors (Lipinski definition) is 3. The minimum atomic E-state index is -0.188. The van der Waals surface area contributed by atoms with E-state index in [2.05, 4.69) is 15.5 Å². The molecule has 0 fully saturated rings. The average molecular weight is 258 g/mol. The fourth-order valence-corrected chi connectivity index (χ4v) is 2.05. The van der Waals surface area contributed by atoms with Crippen molar-refractivity contribution in [2.45, 2.75) is 26.3 Å². The summed E-state index contributed by atoms with van der Waals surface area (Å²) in [6, 6.07) is 10.1. The number of anilines is 1. The standard InChI is InChI=1S/C14H18N4O/c1-9(8-11-6-4-3-5-7-11)16-14(19)12-10(2)17-18-13(12)15/h3-7,9H,8H2,1-2H3,(H,16,19)(H3,15,17,18). The molecule has 0 aliphatic heterocycles. The van der Waals surface area contributed by atoms with Crippen molar-refractivity contribution in [3.63, 3.8) is 0 Å². The molecule has 0 spiro atoms. The van der Waals surface area contributed by atoms with Crippen LogP contribution in [0.5, 0.6) is 0 Å². The highest BCUT2D eigenvalue weighted by Crippen LogP contribution is 2.12. The van der Waals surface area contributed by atoms with Crippen LogP contribution >= 0.6 is 0 Å². The molecule has 0 radical (unpaired) electrons. The number of H-pyrrole nitrogens is 1. The third kappa shape index (κ3) is 3.13. The summed E-state index contributed by atoms with van der Waals surface area (Å²) >= 11 is 0. The Morgan fingerprint density at radius 1 is 1.42 bits per heavy atom. The number of nitrogens with zero attached hydrogens (tertiary/aromatic N) is 1. The molecule has 1 atom stereocenters. The number of nitrogens with one attached hydrogen (secondary N) is 2. The van der Waals surface area contributed by atoms with Crippen molar-refractivity contribution >= 4 is 11.7 Å². The van der Waals surface area contributed by atoms with Crippen molar-refractivity contribution in [1.82, 2.24) is 15.5 Å². The quantitative estimate of drug-likeness (QED) is 0.779. The van der Waals surface area contributed by atoms with Gasteiger partial charge in [0.15, 0.2) is 5.82 Å². The molecule has 1 heterocycles. The van der Waals surface area contributed by atoms with Gasteiger partial charge in [0.1, 0.15) is 5.56 Å². The molecule has 0 aliphatic carbocycles. The van der Waals surface area contributed by atoms with E-state index in [0.29, 0.717) is 11.3 Å². The van der Waals surface area contributed by atoms with Crippen LogP contribution in [0, 0.1) is 6.92 Å². The minimum absolute atomic E-state index is 0.0311. The fourth-order valence-electron chi connectivity index (χ4n) is 2.05. The van der Waals surface area contributed by atoms with Gasteiger partial charge in [-0.1, -0.05) is 30.3 Å². The van der Waals surface area contributed by atoms with E-state index in [1.165, 1.54) is 5.56 Å². The second-order valence-electron chi connectivity index (χ2n) is 4.67. The first-order valence-corrected chi connectivity index (χ1v) is 6.23. The zero-order valence-electron chi connectivity index (χ0n) is 11.1. The Hall–Kier alpha value is -2.30. The molecule has 0 saturated carbocycles. The van der Waals surface area contributed by atoms with E-state index in [-0.39, 0.29) is 17.8 Å². The zero-order valence-corrected chi connectivity index (χ0v) is 11.1. The number of aromatic nitrogens is 2. The summed E-state index contributed by atoms with van der Waals surface area (Å²) in [4.78, 5) is 12.1.